The van der Waals surface area contributed by atoms with E-state index in [-0.39, 0.29) is 0 Å². The summed E-state index contributed by atoms with van der Waals surface area (Å²) < 4.78 is 3.19. The summed E-state index contributed by atoms with van der Waals surface area (Å²) in [5, 5.41) is 3.33. The highest BCUT2D eigenvalue weighted by Crippen LogP contribution is 2.24. The van der Waals surface area contributed by atoms with Crippen LogP contribution >= 0.6 is 22.6 Å². The minimum Gasteiger partial charge on any atom is -0.369 e. The van der Waals surface area contributed by atoms with Crippen molar-refractivity contribution in [3.8, 4) is 11.5 Å². The first-order valence-electron chi connectivity index (χ1n) is 7.01. The quantitative estimate of drug-likeness (QED) is 0.775. The summed E-state index contributed by atoms with van der Waals surface area (Å²) >= 11 is 2.33. The predicted molar refractivity (Wildman–Crippen MR) is 89.8 cm³/mol. The summed E-state index contributed by atoms with van der Waals surface area (Å²) in [5.41, 5.74) is 2.08. The summed E-state index contributed by atoms with van der Waals surface area (Å²) in [4.78, 5) is 13.6. The largest absolute Gasteiger partial charge is 0.369 e. The Hall–Kier alpha value is -1.18. The molecule has 0 amide bonds. The third kappa shape index (κ3) is 3.11. The standard InChI is InChI=1S/C14H20IN5/c1-4-7-10-12(15)14(17-5-2)19-13(18-10)11-8-16-9-20(11)6-3/h8-9H,4-7H2,1-3H3,(H,17,18,19). The van der Waals surface area contributed by atoms with E-state index in [9.17, 15) is 0 Å². The van der Waals surface area contributed by atoms with Gasteiger partial charge in [0.15, 0.2) is 5.82 Å². The number of hydrogen-bond donors (Lipinski definition) is 1. The molecule has 0 fully saturated rings. The monoisotopic (exact) mass is 385 g/mol. The lowest BCUT2D eigenvalue weighted by Gasteiger charge is -2.12. The SMILES string of the molecule is CCCc1nc(-c2cncn2CC)nc(NCC)c1I. The van der Waals surface area contributed by atoms with Crippen molar-refractivity contribution in [1.29, 1.82) is 0 Å². The first-order chi connectivity index (χ1) is 9.71. The van der Waals surface area contributed by atoms with Crippen molar-refractivity contribution in [2.75, 3.05) is 11.9 Å². The minimum atomic E-state index is 0.754. The van der Waals surface area contributed by atoms with E-state index in [4.69, 9.17) is 4.98 Å². The maximum absolute atomic E-state index is 4.74. The Labute approximate surface area is 133 Å². The van der Waals surface area contributed by atoms with Crippen LogP contribution in [0.2, 0.25) is 0 Å². The van der Waals surface area contributed by atoms with Gasteiger partial charge in [0.25, 0.3) is 0 Å². The summed E-state index contributed by atoms with van der Waals surface area (Å²) in [6.45, 7) is 8.06. The Morgan fingerprint density at radius 1 is 1.25 bits per heavy atom. The molecule has 0 saturated carbocycles. The Kier molecular flexibility index (Phi) is 5.33. The van der Waals surface area contributed by atoms with E-state index < -0.39 is 0 Å². The van der Waals surface area contributed by atoms with Gasteiger partial charge in [0.2, 0.25) is 0 Å². The molecule has 0 aliphatic carbocycles. The van der Waals surface area contributed by atoms with Crippen LogP contribution in [0.25, 0.3) is 11.5 Å². The fourth-order valence-electron chi connectivity index (χ4n) is 2.05. The van der Waals surface area contributed by atoms with Crippen molar-refractivity contribution in [3.05, 3.63) is 21.8 Å². The Balaban J connectivity index is 2.52. The van der Waals surface area contributed by atoms with E-state index in [0.717, 1.165) is 52.5 Å². The highest BCUT2D eigenvalue weighted by Gasteiger charge is 2.14. The summed E-state index contributed by atoms with van der Waals surface area (Å²) in [5.74, 6) is 1.68. The van der Waals surface area contributed by atoms with Gasteiger partial charge in [0.05, 0.1) is 21.8 Å². The van der Waals surface area contributed by atoms with Crippen LogP contribution in [-0.4, -0.2) is 26.1 Å². The van der Waals surface area contributed by atoms with Crippen molar-refractivity contribution >= 4 is 28.4 Å². The van der Waals surface area contributed by atoms with Crippen molar-refractivity contribution < 1.29 is 0 Å². The number of anilines is 1. The normalized spacial score (nSPS) is 10.8. The maximum Gasteiger partial charge on any atom is 0.180 e. The number of rotatable bonds is 6. The van der Waals surface area contributed by atoms with E-state index in [1.807, 2.05) is 12.5 Å². The molecule has 2 rings (SSSR count). The van der Waals surface area contributed by atoms with Gasteiger partial charge in [0.1, 0.15) is 11.5 Å². The fraction of sp³-hybridized carbons (Fsp3) is 0.500. The van der Waals surface area contributed by atoms with Gasteiger partial charge >= 0.3 is 0 Å². The zero-order chi connectivity index (χ0) is 14.5. The molecular weight excluding hydrogens is 365 g/mol. The Morgan fingerprint density at radius 2 is 2.05 bits per heavy atom. The lowest BCUT2D eigenvalue weighted by molar-refractivity contribution is 0.761. The molecule has 5 nitrogen and oxygen atoms in total. The highest BCUT2D eigenvalue weighted by molar-refractivity contribution is 14.1. The molecule has 2 heterocycles. The van der Waals surface area contributed by atoms with Crippen LogP contribution in [0.3, 0.4) is 0 Å². The number of imidazole rings is 1. The number of halogens is 1. The second-order valence-electron chi connectivity index (χ2n) is 4.50. The fourth-order valence-corrected chi connectivity index (χ4v) is 2.76. The summed E-state index contributed by atoms with van der Waals surface area (Å²) in [6, 6.07) is 0. The Morgan fingerprint density at radius 3 is 2.70 bits per heavy atom. The molecule has 108 valence electrons. The third-order valence-electron chi connectivity index (χ3n) is 3.03. The van der Waals surface area contributed by atoms with Crippen molar-refractivity contribution in [2.45, 2.75) is 40.2 Å². The average Bonchev–Trinajstić information content (AvgIpc) is 2.92. The molecule has 0 aromatic carbocycles. The molecule has 0 aliphatic heterocycles. The summed E-state index contributed by atoms with van der Waals surface area (Å²) in [6.07, 6.45) is 5.69. The minimum absolute atomic E-state index is 0.754. The van der Waals surface area contributed by atoms with Crippen LogP contribution in [0.1, 0.15) is 32.9 Å². The van der Waals surface area contributed by atoms with Crippen LogP contribution in [0.15, 0.2) is 12.5 Å². The topological polar surface area (TPSA) is 55.6 Å². The van der Waals surface area contributed by atoms with Crippen LogP contribution in [0.5, 0.6) is 0 Å². The maximum atomic E-state index is 4.74. The van der Waals surface area contributed by atoms with Gasteiger partial charge in [-0.15, -0.1) is 0 Å². The molecule has 0 aliphatic rings. The molecule has 0 atom stereocenters. The van der Waals surface area contributed by atoms with E-state index in [1.165, 1.54) is 0 Å². The van der Waals surface area contributed by atoms with E-state index in [1.54, 1.807) is 0 Å². The van der Waals surface area contributed by atoms with Gasteiger partial charge < -0.3 is 9.88 Å². The van der Waals surface area contributed by atoms with Crippen LogP contribution in [-0.2, 0) is 13.0 Å². The van der Waals surface area contributed by atoms with Crippen molar-refractivity contribution in [2.24, 2.45) is 0 Å². The van der Waals surface area contributed by atoms with Gasteiger partial charge in [-0.3, -0.25) is 0 Å². The first-order valence-corrected chi connectivity index (χ1v) is 8.09. The predicted octanol–water partition coefficient (Wildman–Crippen LogP) is 3.35. The zero-order valence-electron chi connectivity index (χ0n) is 12.1. The van der Waals surface area contributed by atoms with Gasteiger partial charge in [-0.1, -0.05) is 13.3 Å². The van der Waals surface area contributed by atoms with E-state index >= 15 is 0 Å². The van der Waals surface area contributed by atoms with Crippen LogP contribution in [0.4, 0.5) is 5.82 Å². The van der Waals surface area contributed by atoms with E-state index in [0.29, 0.717) is 0 Å². The number of nitrogens with zero attached hydrogens (tertiary/aromatic N) is 4. The molecule has 20 heavy (non-hydrogen) atoms. The van der Waals surface area contributed by atoms with Crippen molar-refractivity contribution in [3.63, 3.8) is 0 Å². The molecule has 1 N–H and O–H groups in total. The molecule has 0 unspecified atom stereocenters. The zero-order valence-corrected chi connectivity index (χ0v) is 14.3. The second kappa shape index (κ2) is 7.01. The van der Waals surface area contributed by atoms with Gasteiger partial charge in [-0.05, 0) is 42.9 Å². The molecule has 0 spiro atoms. The smallest absolute Gasteiger partial charge is 0.180 e. The number of aryl methyl sites for hydroxylation is 2. The average molecular weight is 385 g/mol. The highest BCUT2D eigenvalue weighted by atomic mass is 127. The lowest BCUT2D eigenvalue weighted by Crippen LogP contribution is -2.09. The Bertz CT molecular complexity index is 552. The molecule has 6 heteroatoms. The van der Waals surface area contributed by atoms with Gasteiger partial charge in [-0.2, -0.15) is 0 Å². The second-order valence-corrected chi connectivity index (χ2v) is 5.58. The number of nitrogens with one attached hydrogen (secondary N) is 1. The molecule has 0 saturated heterocycles. The molecular formula is C14H20IN5. The summed E-state index contributed by atoms with van der Waals surface area (Å²) in [7, 11) is 0. The molecule has 2 aromatic rings. The van der Waals surface area contributed by atoms with Gasteiger partial charge in [-0.25, -0.2) is 15.0 Å². The van der Waals surface area contributed by atoms with Crippen molar-refractivity contribution in [1.82, 2.24) is 19.5 Å². The molecule has 2 aromatic heterocycles. The third-order valence-corrected chi connectivity index (χ3v) is 4.17. The van der Waals surface area contributed by atoms with Gasteiger partial charge in [0, 0.05) is 13.1 Å². The van der Waals surface area contributed by atoms with Crippen LogP contribution in [0, 0.1) is 3.57 Å². The first kappa shape index (κ1) is 15.2. The number of hydrogen-bond acceptors (Lipinski definition) is 4. The van der Waals surface area contributed by atoms with Crippen LogP contribution < -0.4 is 5.32 Å². The number of aromatic nitrogens is 4. The lowest BCUT2D eigenvalue weighted by atomic mass is 10.2. The van der Waals surface area contributed by atoms with E-state index in [2.05, 4.69) is 63.2 Å². The molecule has 0 bridgehead atoms. The molecule has 0 radical (unpaired) electrons.